The molecule has 0 aromatic rings. The Morgan fingerprint density at radius 2 is 2.15 bits per heavy atom. The third-order valence-electron chi connectivity index (χ3n) is 2.61. The lowest BCUT2D eigenvalue weighted by atomic mass is 9.94. The summed E-state index contributed by atoms with van der Waals surface area (Å²) in [7, 11) is 1.50. The van der Waals surface area contributed by atoms with Gasteiger partial charge < -0.3 is 17.2 Å². The molecule has 0 heterocycles. The Bertz CT molecular complexity index is 597. The number of hydrogen-bond donors (Lipinski definition) is 3. The van der Waals surface area contributed by atoms with Crippen molar-refractivity contribution in [2.45, 2.75) is 12.8 Å². The smallest absolute Gasteiger partial charge is 0.217 e. The lowest BCUT2D eigenvalue weighted by Gasteiger charge is -2.13. The molecule has 0 aliphatic heterocycles. The standard InChI is InChI=1S/C13H17N7/c1-8(16)12(20-13(17)18-2)19-11-5-9(6-14)3-4-10(11)7-15/h5,7H,1,3-4,15-16H2,2H3,(H2,17,18). The van der Waals surface area contributed by atoms with Crippen molar-refractivity contribution in [1.29, 1.82) is 5.26 Å². The minimum absolute atomic E-state index is 0.0366. The molecular weight excluding hydrogens is 254 g/mol. The van der Waals surface area contributed by atoms with E-state index in [0.717, 1.165) is 5.57 Å². The zero-order chi connectivity index (χ0) is 15.1. The minimum atomic E-state index is 0.0366. The SMILES string of the molecule is C=C(N)C(N=C1C=C(C#N)CCC1=CN)=NC(N)=NC. The molecule has 0 bridgehead atoms. The molecule has 1 aliphatic carbocycles. The Kier molecular flexibility index (Phi) is 5.23. The molecule has 0 radical (unpaired) electrons. The van der Waals surface area contributed by atoms with Crippen LogP contribution in [0.1, 0.15) is 12.8 Å². The van der Waals surface area contributed by atoms with Crippen molar-refractivity contribution in [2.75, 3.05) is 7.05 Å². The van der Waals surface area contributed by atoms with E-state index >= 15 is 0 Å². The second-order valence-corrected chi connectivity index (χ2v) is 4.01. The number of allylic oxidation sites excluding steroid dienone is 3. The topological polar surface area (TPSA) is 139 Å². The summed E-state index contributed by atoms with van der Waals surface area (Å²) < 4.78 is 0. The average Bonchev–Trinajstić information content (AvgIpc) is 2.45. The molecule has 0 saturated heterocycles. The molecule has 0 aromatic heterocycles. The lowest BCUT2D eigenvalue weighted by molar-refractivity contribution is 0.965. The van der Waals surface area contributed by atoms with Crippen molar-refractivity contribution < 1.29 is 0 Å². The Hall–Kier alpha value is -2.88. The summed E-state index contributed by atoms with van der Waals surface area (Å²) in [5.41, 5.74) is 18.8. The Labute approximate surface area is 117 Å². The monoisotopic (exact) mass is 271 g/mol. The molecule has 0 amide bonds. The van der Waals surface area contributed by atoms with Gasteiger partial charge in [0.1, 0.15) is 0 Å². The molecule has 1 rings (SSSR count). The van der Waals surface area contributed by atoms with Crippen LogP contribution in [0.15, 0.2) is 50.7 Å². The number of nitriles is 1. The lowest BCUT2D eigenvalue weighted by Crippen LogP contribution is -2.18. The molecule has 104 valence electrons. The van der Waals surface area contributed by atoms with Crippen LogP contribution in [0.2, 0.25) is 0 Å². The Morgan fingerprint density at radius 1 is 1.45 bits per heavy atom. The first-order valence-corrected chi connectivity index (χ1v) is 5.88. The number of rotatable bonds is 1. The van der Waals surface area contributed by atoms with E-state index in [1.165, 1.54) is 13.2 Å². The van der Waals surface area contributed by atoms with Gasteiger partial charge in [-0.25, -0.2) is 4.99 Å². The van der Waals surface area contributed by atoms with Gasteiger partial charge in [-0.15, -0.1) is 0 Å². The zero-order valence-electron chi connectivity index (χ0n) is 11.3. The van der Waals surface area contributed by atoms with Gasteiger partial charge in [-0.05, 0) is 30.7 Å². The number of aliphatic imine (C=N–C) groups is 3. The van der Waals surface area contributed by atoms with Crippen molar-refractivity contribution in [3.05, 3.63) is 35.7 Å². The molecular formula is C13H17N7. The van der Waals surface area contributed by atoms with E-state index in [-0.39, 0.29) is 17.5 Å². The van der Waals surface area contributed by atoms with Crippen molar-refractivity contribution in [3.8, 4) is 6.07 Å². The molecule has 6 N–H and O–H groups in total. The minimum Gasteiger partial charge on any atom is -0.404 e. The fourth-order valence-electron chi connectivity index (χ4n) is 1.53. The zero-order valence-corrected chi connectivity index (χ0v) is 11.3. The van der Waals surface area contributed by atoms with Gasteiger partial charge in [0.2, 0.25) is 5.96 Å². The third-order valence-corrected chi connectivity index (χ3v) is 2.61. The summed E-state index contributed by atoms with van der Waals surface area (Å²) in [6.07, 6.45) is 4.38. The molecule has 0 aromatic carbocycles. The first-order valence-electron chi connectivity index (χ1n) is 5.88. The van der Waals surface area contributed by atoms with Crippen molar-refractivity contribution in [1.82, 2.24) is 0 Å². The molecule has 0 saturated carbocycles. The number of nitrogens with zero attached hydrogens (tertiary/aromatic N) is 4. The fourth-order valence-corrected chi connectivity index (χ4v) is 1.53. The number of hydrogen-bond acceptors (Lipinski definition) is 4. The normalized spacial score (nSPS) is 20.7. The average molecular weight is 271 g/mol. The summed E-state index contributed by atoms with van der Waals surface area (Å²) in [6.45, 7) is 3.59. The molecule has 7 heteroatoms. The number of guanidine groups is 1. The molecule has 7 nitrogen and oxygen atoms in total. The van der Waals surface area contributed by atoms with Gasteiger partial charge in [0.05, 0.1) is 17.5 Å². The van der Waals surface area contributed by atoms with Gasteiger partial charge in [-0.3, -0.25) is 4.99 Å². The van der Waals surface area contributed by atoms with E-state index in [1.54, 1.807) is 6.08 Å². The van der Waals surface area contributed by atoms with Gasteiger partial charge in [0.15, 0.2) is 5.84 Å². The highest BCUT2D eigenvalue weighted by Crippen LogP contribution is 2.20. The van der Waals surface area contributed by atoms with Crippen LogP contribution in [0, 0.1) is 11.3 Å². The molecule has 0 fully saturated rings. The van der Waals surface area contributed by atoms with Crippen molar-refractivity contribution in [2.24, 2.45) is 32.2 Å². The molecule has 1 aliphatic rings. The van der Waals surface area contributed by atoms with Crippen LogP contribution < -0.4 is 17.2 Å². The van der Waals surface area contributed by atoms with Gasteiger partial charge in [0, 0.05) is 12.6 Å². The molecule has 0 atom stereocenters. The second kappa shape index (κ2) is 6.89. The summed E-state index contributed by atoms with van der Waals surface area (Å²) >= 11 is 0. The highest BCUT2D eigenvalue weighted by Gasteiger charge is 2.15. The Balaban J connectivity index is 3.32. The van der Waals surface area contributed by atoms with Crippen molar-refractivity contribution >= 4 is 17.5 Å². The maximum Gasteiger partial charge on any atom is 0.217 e. The fraction of sp³-hybridized carbons (Fsp3) is 0.231. The van der Waals surface area contributed by atoms with E-state index in [2.05, 4.69) is 27.6 Å². The van der Waals surface area contributed by atoms with Crippen LogP contribution in [0.25, 0.3) is 0 Å². The maximum absolute atomic E-state index is 8.96. The summed E-state index contributed by atoms with van der Waals surface area (Å²) in [6, 6.07) is 2.10. The van der Waals surface area contributed by atoms with Crippen LogP contribution >= 0.6 is 0 Å². The van der Waals surface area contributed by atoms with Gasteiger partial charge in [-0.2, -0.15) is 10.3 Å². The van der Waals surface area contributed by atoms with Crippen molar-refractivity contribution in [3.63, 3.8) is 0 Å². The van der Waals surface area contributed by atoms with E-state index in [0.29, 0.717) is 24.1 Å². The van der Waals surface area contributed by atoms with Crippen LogP contribution in [-0.2, 0) is 0 Å². The van der Waals surface area contributed by atoms with Gasteiger partial charge in [-0.1, -0.05) is 6.58 Å². The predicted octanol–water partition coefficient (Wildman–Crippen LogP) is 0.329. The summed E-state index contributed by atoms with van der Waals surface area (Å²) in [5.74, 6) is 0.187. The number of amidine groups is 1. The molecule has 20 heavy (non-hydrogen) atoms. The first kappa shape index (κ1) is 15.2. The Morgan fingerprint density at radius 3 is 2.65 bits per heavy atom. The van der Waals surface area contributed by atoms with E-state index in [9.17, 15) is 0 Å². The number of nitrogens with two attached hydrogens (primary N) is 3. The molecule has 0 unspecified atom stereocenters. The largest absolute Gasteiger partial charge is 0.404 e. The van der Waals surface area contributed by atoms with Gasteiger partial charge >= 0.3 is 0 Å². The second-order valence-electron chi connectivity index (χ2n) is 4.01. The van der Waals surface area contributed by atoms with Gasteiger partial charge in [0.25, 0.3) is 0 Å². The van der Waals surface area contributed by atoms with Crippen LogP contribution in [0.5, 0.6) is 0 Å². The van der Waals surface area contributed by atoms with Crippen LogP contribution in [0.4, 0.5) is 0 Å². The summed E-state index contributed by atoms with van der Waals surface area (Å²) in [4.78, 5) is 11.9. The summed E-state index contributed by atoms with van der Waals surface area (Å²) in [5, 5.41) is 8.96. The highest BCUT2D eigenvalue weighted by molar-refractivity contribution is 6.18. The van der Waals surface area contributed by atoms with Crippen LogP contribution in [-0.4, -0.2) is 24.6 Å². The van der Waals surface area contributed by atoms with Crippen LogP contribution in [0.3, 0.4) is 0 Å². The van der Waals surface area contributed by atoms with E-state index < -0.39 is 0 Å². The first-order chi connectivity index (χ1) is 9.51. The van der Waals surface area contributed by atoms with E-state index in [1.807, 2.05) is 0 Å². The van der Waals surface area contributed by atoms with E-state index in [4.69, 9.17) is 22.5 Å². The molecule has 0 spiro atoms. The predicted molar refractivity (Wildman–Crippen MR) is 80.9 cm³/mol. The quantitative estimate of drug-likeness (QED) is 0.467. The maximum atomic E-state index is 8.96. The highest BCUT2D eigenvalue weighted by atomic mass is 15.1. The third kappa shape index (κ3) is 3.81.